The highest BCUT2D eigenvalue weighted by atomic mass is 32.2. The van der Waals surface area contributed by atoms with Crippen LogP contribution in [0.25, 0.3) is 75.5 Å². The zero-order valence-electron chi connectivity index (χ0n) is 30.1. The lowest BCUT2D eigenvalue weighted by Gasteiger charge is -2.21. The van der Waals surface area contributed by atoms with Gasteiger partial charge in [-0.3, -0.25) is 0 Å². The minimum absolute atomic E-state index is 0.000467. The number of thiophene rings is 1. The molecular formula is C51H35NS2. The number of aromatic nitrogens is 1. The number of para-hydroxylation sites is 1. The molecule has 0 spiro atoms. The van der Waals surface area contributed by atoms with E-state index in [-0.39, 0.29) is 5.41 Å². The highest BCUT2D eigenvalue weighted by molar-refractivity contribution is 8.03. The molecule has 1 aliphatic heterocycles. The molecule has 256 valence electrons. The van der Waals surface area contributed by atoms with E-state index >= 15 is 0 Å². The fourth-order valence-electron chi connectivity index (χ4n) is 9.77. The summed E-state index contributed by atoms with van der Waals surface area (Å²) in [4.78, 5) is 2.88. The van der Waals surface area contributed by atoms with Crippen molar-refractivity contribution >= 4 is 70.6 Å². The Labute approximate surface area is 322 Å². The maximum absolute atomic E-state index is 2.44. The van der Waals surface area contributed by atoms with Crippen LogP contribution in [-0.4, -0.2) is 4.57 Å². The molecule has 3 heteroatoms. The number of hydrogen-bond acceptors (Lipinski definition) is 2. The van der Waals surface area contributed by atoms with Crippen molar-refractivity contribution in [2.75, 3.05) is 0 Å². The van der Waals surface area contributed by atoms with Crippen LogP contribution in [0, 0.1) is 0 Å². The van der Waals surface area contributed by atoms with Crippen molar-refractivity contribution < 1.29 is 0 Å². The molecule has 54 heavy (non-hydrogen) atoms. The van der Waals surface area contributed by atoms with Crippen molar-refractivity contribution in [1.82, 2.24) is 4.57 Å². The number of benzene rings is 7. The number of thioether (sulfide) groups is 1. The predicted octanol–water partition coefficient (Wildman–Crippen LogP) is 14.7. The second-order valence-electron chi connectivity index (χ2n) is 15.6. The number of hydrogen-bond donors (Lipinski definition) is 0. The third-order valence-electron chi connectivity index (χ3n) is 12.4. The van der Waals surface area contributed by atoms with Gasteiger partial charge < -0.3 is 4.57 Å². The van der Waals surface area contributed by atoms with Crippen molar-refractivity contribution in [2.45, 2.75) is 36.5 Å². The molecule has 0 bridgehead atoms. The summed E-state index contributed by atoms with van der Waals surface area (Å²) in [5, 5.41) is 5.30. The minimum atomic E-state index is -0.000467. The van der Waals surface area contributed by atoms with Crippen LogP contribution in [0.1, 0.15) is 48.4 Å². The Balaban J connectivity index is 0.945. The third-order valence-corrected chi connectivity index (χ3v) is 14.9. The van der Waals surface area contributed by atoms with Crippen molar-refractivity contribution in [3.63, 3.8) is 0 Å². The van der Waals surface area contributed by atoms with E-state index in [9.17, 15) is 0 Å². The summed E-state index contributed by atoms with van der Waals surface area (Å²) in [7, 11) is 0. The summed E-state index contributed by atoms with van der Waals surface area (Å²) < 4.78 is 5.21. The lowest BCUT2D eigenvalue weighted by Crippen LogP contribution is -2.14. The minimum Gasteiger partial charge on any atom is -0.309 e. The van der Waals surface area contributed by atoms with Crippen LogP contribution in [0.3, 0.4) is 0 Å². The van der Waals surface area contributed by atoms with Gasteiger partial charge in [-0.05, 0) is 92.2 Å². The zero-order valence-corrected chi connectivity index (χ0v) is 31.7. The van der Waals surface area contributed by atoms with Crippen LogP contribution in [0.4, 0.5) is 0 Å². The number of allylic oxidation sites excluding steroid dienone is 4. The Bertz CT molecular complexity index is 3130. The first-order chi connectivity index (χ1) is 26.5. The normalized spacial score (nSPS) is 16.7. The molecule has 7 aromatic carbocycles. The second-order valence-corrected chi connectivity index (χ2v) is 17.7. The lowest BCUT2D eigenvalue weighted by molar-refractivity contribution is 0.661. The van der Waals surface area contributed by atoms with Gasteiger partial charge in [-0.1, -0.05) is 147 Å². The van der Waals surface area contributed by atoms with E-state index in [0.717, 1.165) is 6.42 Å². The van der Waals surface area contributed by atoms with E-state index in [0.29, 0.717) is 5.92 Å². The molecule has 1 atom stereocenters. The van der Waals surface area contributed by atoms with Gasteiger partial charge in [0.1, 0.15) is 0 Å². The molecule has 0 fully saturated rings. The molecule has 3 heterocycles. The van der Waals surface area contributed by atoms with Gasteiger partial charge >= 0.3 is 0 Å². The molecule has 1 nitrogen and oxygen atoms in total. The van der Waals surface area contributed by atoms with E-state index in [2.05, 4.69) is 176 Å². The standard InChI is InChI=1S/C51H35NS2/c1-51(2)42-15-6-3-12-39(42)48-43(51)25-24-38-37-14-9-13-34(49(37)54-50(38)48)30-18-22-33(23-19-30)52-44-16-7-4-10-35(44)40-28-31(20-26-45(40)52)32-21-27-47-41(29-32)36-11-5-8-17-46(36)53-47/h3-28,41H,29H2,1-2H3. The summed E-state index contributed by atoms with van der Waals surface area (Å²) in [6.07, 6.45) is 5.75. The largest absolute Gasteiger partial charge is 0.309 e. The molecule has 0 N–H and O–H groups in total. The molecule has 0 radical (unpaired) electrons. The van der Waals surface area contributed by atoms with Crippen LogP contribution in [0.15, 0.2) is 168 Å². The molecule has 9 aromatic rings. The van der Waals surface area contributed by atoms with Crippen molar-refractivity contribution in [2.24, 2.45) is 0 Å². The average Bonchev–Trinajstić information content (AvgIpc) is 3.94. The summed E-state index contributed by atoms with van der Waals surface area (Å²) in [5.41, 5.74) is 16.1. The monoisotopic (exact) mass is 725 g/mol. The highest BCUT2D eigenvalue weighted by Crippen LogP contribution is 2.55. The first-order valence-corrected chi connectivity index (χ1v) is 20.6. The third kappa shape index (κ3) is 4.23. The average molecular weight is 726 g/mol. The Morgan fingerprint density at radius 3 is 2.24 bits per heavy atom. The molecule has 0 saturated heterocycles. The van der Waals surface area contributed by atoms with E-state index in [1.807, 2.05) is 23.1 Å². The van der Waals surface area contributed by atoms with Gasteiger partial charge in [0, 0.05) is 58.4 Å². The molecule has 3 aliphatic rings. The van der Waals surface area contributed by atoms with E-state index in [1.54, 1.807) is 0 Å². The second kappa shape index (κ2) is 11.2. The molecule has 0 saturated carbocycles. The molecule has 2 aromatic heterocycles. The van der Waals surface area contributed by atoms with Crippen LogP contribution in [0.2, 0.25) is 0 Å². The van der Waals surface area contributed by atoms with Gasteiger partial charge in [0.25, 0.3) is 0 Å². The highest BCUT2D eigenvalue weighted by Gasteiger charge is 2.37. The van der Waals surface area contributed by atoms with E-state index in [1.165, 1.54) is 108 Å². The van der Waals surface area contributed by atoms with Crippen molar-refractivity contribution in [3.05, 3.63) is 185 Å². The van der Waals surface area contributed by atoms with E-state index in [4.69, 9.17) is 0 Å². The first-order valence-electron chi connectivity index (χ1n) is 18.9. The van der Waals surface area contributed by atoms with Gasteiger partial charge in [-0.2, -0.15) is 0 Å². The Morgan fingerprint density at radius 1 is 0.574 bits per heavy atom. The van der Waals surface area contributed by atoms with Gasteiger partial charge in [-0.15, -0.1) is 11.3 Å². The molecule has 1 unspecified atom stereocenters. The molecule has 12 rings (SSSR count). The predicted molar refractivity (Wildman–Crippen MR) is 232 cm³/mol. The van der Waals surface area contributed by atoms with Crippen LogP contribution in [0.5, 0.6) is 0 Å². The number of rotatable bonds is 3. The molecular weight excluding hydrogens is 691 g/mol. The van der Waals surface area contributed by atoms with Crippen LogP contribution < -0.4 is 0 Å². The Hall–Kier alpha value is -5.61. The lowest BCUT2D eigenvalue weighted by atomic mass is 9.82. The maximum atomic E-state index is 2.44. The topological polar surface area (TPSA) is 4.93 Å². The van der Waals surface area contributed by atoms with Gasteiger partial charge in [0.2, 0.25) is 0 Å². The smallest absolute Gasteiger partial charge is 0.0541 e. The summed E-state index contributed by atoms with van der Waals surface area (Å²) in [5.74, 6) is 0.463. The number of fused-ring (bicyclic) bond motifs is 13. The van der Waals surface area contributed by atoms with Crippen molar-refractivity contribution in [1.29, 1.82) is 0 Å². The SMILES string of the molecule is CC1(C)c2ccccc2-c2c1ccc1c2sc2c(-c3ccc(-n4c5ccccc5c5cc(C6=CC=C7Sc8ccccc8C7C6)ccc54)cc3)cccc21. The van der Waals surface area contributed by atoms with Gasteiger partial charge in [-0.25, -0.2) is 0 Å². The van der Waals surface area contributed by atoms with Crippen molar-refractivity contribution in [3.8, 4) is 27.9 Å². The Kier molecular flexibility index (Phi) is 6.39. The quantitative estimate of drug-likeness (QED) is 0.176. The Morgan fingerprint density at radius 2 is 1.31 bits per heavy atom. The summed E-state index contributed by atoms with van der Waals surface area (Å²) >= 11 is 3.90. The van der Waals surface area contributed by atoms with Crippen LogP contribution >= 0.6 is 23.1 Å². The maximum Gasteiger partial charge on any atom is 0.0541 e. The summed E-state index contributed by atoms with van der Waals surface area (Å²) in [6.45, 7) is 4.74. The van der Waals surface area contributed by atoms with Gasteiger partial charge in [0.15, 0.2) is 0 Å². The van der Waals surface area contributed by atoms with Crippen LogP contribution in [-0.2, 0) is 5.41 Å². The summed E-state index contributed by atoms with van der Waals surface area (Å²) in [6, 6.07) is 54.7. The fraction of sp³-hybridized carbons (Fsp3) is 0.0980. The molecule has 2 aliphatic carbocycles. The van der Waals surface area contributed by atoms with Gasteiger partial charge in [0.05, 0.1) is 11.0 Å². The zero-order chi connectivity index (χ0) is 35.7. The van der Waals surface area contributed by atoms with E-state index < -0.39 is 0 Å². The number of nitrogens with zero attached hydrogens (tertiary/aromatic N) is 1. The molecule has 0 amide bonds. The first kappa shape index (κ1) is 30.8. The fourth-order valence-corrected chi connectivity index (χ4v) is 12.4.